The molecule has 0 amide bonds. The predicted molar refractivity (Wildman–Crippen MR) is 78.1 cm³/mol. The summed E-state index contributed by atoms with van der Waals surface area (Å²) in [7, 11) is 1.67. The summed E-state index contributed by atoms with van der Waals surface area (Å²) in [5.41, 5.74) is 2.19. The Labute approximate surface area is 121 Å². The highest BCUT2D eigenvalue weighted by atomic mass is 79.9. The molecule has 1 aliphatic heterocycles. The molecule has 1 aliphatic rings. The van der Waals surface area contributed by atoms with Gasteiger partial charge in [0.25, 0.3) is 0 Å². The smallest absolute Gasteiger partial charge is 0.227 e. The Bertz CT molecular complexity index is 433. The third-order valence-electron chi connectivity index (χ3n) is 3.13. The zero-order chi connectivity index (χ0) is 13.7. The summed E-state index contributed by atoms with van der Waals surface area (Å²) in [5.74, 6) is 1.07. The fraction of sp³-hybridized carbons (Fsp3) is 0.500. The van der Waals surface area contributed by atoms with Gasteiger partial charge < -0.3 is 14.3 Å². The number of rotatable bonds is 5. The first-order valence-corrected chi connectivity index (χ1v) is 7.44. The molecule has 0 unspecified atom stereocenters. The Kier molecular flexibility index (Phi) is 5.22. The molecule has 1 aromatic carbocycles. The molecule has 0 aliphatic carbocycles. The molecule has 5 heteroatoms. The quantitative estimate of drug-likeness (QED) is 0.779. The van der Waals surface area contributed by atoms with Crippen LogP contribution in [0, 0.1) is 0 Å². The van der Waals surface area contributed by atoms with Crippen molar-refractivity contribution >= 4 is 21.6 Å². The van der Waals surface area contributed by atoms with Crippen LogP contribution >= 0.6 is 15.9 Å². The van der Waals surface area contributed by atoms with E-state index in [9.17, 15) is 0 Å². The van der Waals surface area contributed by atoms with Crippen molar-refractivity contribution in [3.63, 3.8) is 0 Å². The third-order valence-corrected chi connectivity index (χ3v) is 3.70. The van der Waals surface area contributed by atoms with Gasteiger partial charge in [0.15, 0.2) is 0 Å². The second kappa shape index (κ2) is 6.91. The summed E-state index contributed by atoms with van der Waals surface area (Å²) in [4.78, 5) is 5.33. The van der Waals surface area contributed by atoms with Gasteiger partial charge in [-0.25, -0.2) is 0 Å². The van der Waals surface area contributed by atoms with Crippen LogP contribution in [-0.2, 0) is 9.57 Å². The second-order valence-electron chi connectivity index (χ2n) is 4.27. The minimum absolute atomic E-state index is 0.218. The van der Waals surface area contributed by atoms with Crippen LogP contribution in [0.1, 0.15) is 24.8 Å². The van der Waals surface area contributed by atoms with Gasteiger partial charge in [-0.3, -0.25) is 0 Å². The lowest BCUT2D eigenvalue weighted by Gasteiger charge is -2.27. The molecule has 19 heavy (non-hydrogen) atoms. The largest absolute Gasteiger partial charge is 0.497 e. The number of hydrogen-bond acceptors (Lipinski definition) is 4. The lowest BCUT2D eigenvalue weighted by molar-refractivity contribution is -0.149. The highest BCUT2D eigenvalue weighted by molar-refractivity contribution is 9.09. The monoisotopic (exact) mass is 327 g/mol. The fourth-order valence-electron chi connectivity index (χ4n) is 2.13. The Morgan fingerprint density at radius 3 is 2.68 bits per heavy atom. The van der Waals surface area contributed by atoms with Gasteiger partial charge in [-0.15, -0.1) is 0 Å². The highest BCUT2D eigenvalue weighted by Gasteiger charge is 2.28. The zero-order valence-electron chi connectivity index (χ0n) is 11.1. The number of alkyl halides is 1. The Balaban J connectivity index is 2.18. The molecular formula is C14H18BrNO3. The van der Waals surface area contributed by atoms with Crippen molar-refractivity contribution in [2.75, 3.05) is 19.0 Å². The van der Waals surface area contributed by atoms with Crippen LogP contribution < -0.4 is 4.74 Å². The first-order chi connectivity index (χ1) is 9.28. The Hall–Kier alpha value is -1.07. The average molecular weight is 328 g/mol. The number of oxime groups is 1. The van der Waals surface area contributed by atoms with Gasteiger partial charge in [0.1, 0.15) is 5.75 Å². The molecule has 0 radical (unpaired) electrons. The first-order valence-electron chi connectivity index (χ1n) is 6.32. The van der Waals surface area contributed by atoms with E-state index in [-0.39, 0.29) is 12.2 Å². The van der Waals surface area contributed by atoms with Crippen LogP contribution in [0.25, 0.3) is 0 Å². The topological polar surface area (TPSA) is 40.0 Å². The van der Waals surface area contributed by atoms with E-state index in [1.807, 2.05) is 19.1 Å². The number of ether oxygens (including phenoxy) is 2. The Morgan fingerprint density at radius 2 is 2.11 bits per heavy atom. The molecule has 0 spiro atoms. The van der Waals surface area contributed by atoms with Crippen LogP contribution in [0.15, 0.2) is 29.4 Å². The minimum Gasteiger partial charge on any atom is -0.497 e. The normalized spacial score (nSPS) is 22.6. The Morgan fingerprint density at radius 1 is 1.37 bits per heavy atom. The lowest BCUT2D eigenvalue weighted by Crippen LogP contribution is -2.29. The van der Waals surface area contributed by atoms with Crippen molar-refractivity contribution in [2.24, 2.45) is 5.16 Å². The van der Waals surface area contributed by atoms with Gasteiger partial charge in [-0.05, 0) is 24.6 Å². The van der Waals surface area contributed by atoms with Gasteiger partial charge in [0.2, 0.25) is 6.29 Å². The van der Waals surface area contributed by atoms with Gasteiger partial charge >= 0.3 is 0 Å². The number of nitrogens with zero attached hydrogens (tertiary/aromatic N) is 1. The summed E-state index contributed by atoms with van der Waals surface area (Å²) >= 11 is 3.46. The van der Waals surface area contributed by atoms with Crippen molar-refractivity contribution in [1.29, 1.82) is 0 Å². The third kappa shape index (κ3) is 3.48. The molecule has 0 saturated carbocycles. The molecule has 1 aromatic rings. The van der Waals surface area contributed by atoms with Gasteiger partial charge in [-0.2, -0.15) is 0 Å². The summed E-state index contributed by atoms with van der Waals surface area (Å²) in [6, 6.07) is 8.06. The molecule has 2 atom stereocenters. The van der Waals surface area contributed by atoms with Crippen LogP contribution in [0.2, 0.25) is 0 Å². The molecule has 0 aromatic heterocycles. The van der Waals surface area contributed by atoms with Crippen molar-refractivity contribution in [3.05, 3.63) is 29.8 Å². The molecule has 0 bridgehead atoms. The van der Waals surface area contributed by atoms with Crippen molar-refractivity contribution in [3.8, 4) is 5.75 Å². The zero-order valence-corrected chi connectivity index (χ0v) is 12.7. The van der Waals surface area contributed by atoms with Crippen molar-refractivity contribution in [1.82, 2.24) is 0 Å². The SMILES string of the molecule is CCO[C@@H]1C[C@@H](c2ccc(OC)cc2)C(CBr)=NO1. The van der Waals surface area contributed by atoms with E-state index in [0.717, 1.165) is 17.9 Å². The molecule has 1 heterocycles. The maximum atomic E-state index is 5.50. The summed E-state index contributed by atoms with van der Waals surface area (Å²) in [5, 5.41) is 4.86. The van der Waals surface area contributed by atoms with E-state index in [1.165, 1.54) is 5.56 Å². The van der Waals surface area contributed by atoms with Crippen LogP contribution in [0.5, 0.6) is 5.75 Å². The van der Waals surface area contributed by atoms with Crippen LogP contribution in [0.4, 0.5) is 0 Å². The van der Waals surface area contributed by atoms with Crippen LogP contribution in [-0.4, -0.2) is 31.0 Å². The fourth-order valence-corrected chi connectivity index (χ4v) is 2.62. The standard InChI is InChI=1S/C14H18BrNO3/c1-3-18-14-8-12(13(9-15)16-19-14)10-4-6-11(17-2)7-5-10/h4-7,12,14H,3,8-9H2,1-2H3/t12-,14-/m0/s1. The molecule has 2 rings (SSSR count). The predicted octanol–water partition coefficient (Wildman–Crippen LogP) is 3.31. The average Bonchev–Trinajstić information content (AvgIpc) is 2.47. The molecule has 0 N–H and O–H groups in total. The van der Waals surface area contributed by atoms with E-state index in [2.05, 4.69) is 33.2 Å². The lowest BCUT2D eigenvalue weighted by atomic mass is 9.91. The summed E-state index contributed by atoms with van der Waals surface area (Å²) in [6.45, 7) is 2.58. The summed E-state index contributed by atoms with van der Waals surface area (Å²) in [6.07, 6.45) is 0.518. The molecule has 4 nitrogen and oxygen atoms in total. The maximum absolute atomic E-state index is 5.50. The van der Waals surface area contributed by atoms with Crippen molar-refractivity contribution in [2.45, 2.75) is 25.6 Å². The summed E-state index contributed by atoms with van der Waals surface area (Å²) < 4.78 is 10.7. The number of halogens is 1. The van der Waals surface area contributed by atoms with Gasteiger partial charge in [0.05, 0.1) is 12.8 Å². The highest BCUT2D eigenvalue weighted by Crippen LogP contribution is 2.30. The van der Waals surface area contributed by atoms with Crippen LogP contribution in [0.3, 0.4) is 0 Å². The van der Waals surface area contributed by atoms with Gasteiger partial charge in [-0.1, -0.05) is 33.2 Å². The van der Waals surface area contributed by atoms with E-state index in [1.54, 1.807) is 7.11 Å². The maximum Gasteiger partial charge on any atom is 0.227 e. The first kappa shape index (κ1) is 14.3. The van der Waals surface area contributed by atoms with Crippen molar-refractivity contribution < 1.29 is 14.3 Å². The number of hydrogen-bond donors (Lipinski definition) is 0. The van der Waals surface area contributed by atoms with E-state index >= 15 is 0 Å². The minimum atomic E-state index is -0.264. The molecule has 0 saturated heterocycles. The second-order valence-corrected chi connectivity index (χ2v) is 4.83. The van der Waals surface area contributed by atoms with E-state index < -0.39 is 0 Å². The van der Waals surface area contributed by atoms with Gasteiger partial charge in [0, 0.05) is 24.3 Å². The molecule has 104 valence electrons. The van der Waals surface area contributed by atoms with E-state index in [0.29, 0.717) is 11.9 Å². The number of methoxy groups -OCH3 is 1. The molecule has 0 fully saturated rings. The molecular weight excluding hydrogens is 310 g/mol. The number of benzene rings is 1. The van der Waals surface area contributed by atoms with E-state index in [4.69, 9.17) is 14.3 Å².